The van der Waals surface area contributed by atoms with Crippen molar-refractivity contribution in [1.29, 1.82) is 0 Å². The molecule has 1 aliphatic heterocycles. The molecule has 0 aromatic heterocycles. The van der Waals surface area contributed by atoms with E-state index in [1.807, 2.05) is 0 Å². The monoisotopic (exact) mass is 268 g/mol. The third kappa shape index (κ3) is 3.04. The quantitative estimate of drug-likeness (QED) is 0.843. The smallest absolute Gasteiger partial charge is 0.128 e. The predicted molar refractivity (Wildman–Crippen MR) is 73.0 cm³/mol. The Labute approximate surface area is 112 Å². The molecule has 98 valence electrons. The topological polar surface area (TPSA) is 38.5 Å². The standard InChI is InChI=1S/C13H17FN2OS/c1-17-11-4-5-16(8-11)7-10-3-2-9(13(15)18)6-12(10)14/h2-3,6,11H,4-5,7-8H2,1H3,(H2,15,18). The molecule has 1 heterocycles. The van der Waals surface area contributed by atoms with Crippen molar-refractivity contribution in [3.63, 3.8) is 0 Å². The van der Waals surface area contributed by atoms with Crippen LogP contribution in [-0.2, 0) is 11.3 Å². The van der Waals surface area contributed by atoms with Gasteiger partial charge in [-0.15, -0.1) is 0 Å². The molecule has 18 heavy (non-hydrogen) atoms. The molecule has 1 aromatic carbocycles. The van der Waals surface area contributed by atoms with Gasteiger partial charge in [0.25, 0.3) is 0 Å². The molecule has 1 aliphatic rings. The molecule has 0 spiro atoms. The van der Waals surface area contributed by atoms with E-state index >= 15 is 0 Å². The number of thiocarbonyl (C=S) groups is 1. The molecular weight excluding hydrogens is 251 g/mol. The zero-order chi connectivity index (χ0) is 13.1. The van der Waals surface area contributed by atoms with E-state index in [4.69, 9.17) is 22.7 Å². The summed E-state index contributed by atoms with van der Waals surface area (Å²) >= 11 is 4.82. The summed E-state index contributed by atoms with van der Waals surface area (Å²) in [5.41, 5.74) is 6.71. The number of rotatable bonds is 4. The molecule has 1 aromatic rings. The first-order chi connectivity index (χ1) is 8.60. The summed E-state index contributed by atoms with van der Waals surface area (Å²) in [5.74, 6) is -0.249. The van der Waals surface area contributed by atoms with Gasteiger partial charge in [-0.3, -0.25) is 4.90 Å². The van der Waals surface area contributed by atoms with Gasteiger partial charge < -0.3 is 10.5 Å². The second-order valence-corrected chi connectivity index (χ2v) is 4.99. The van der Waals surface area contributed by atoms with Crippen molar-refractivity contribution in [2.45, 2.75) is 19.1 Å². The van der Waals surface area contributed by atoms with Gasteiger partial charge in [-0.2, -0.15) is 0 Å². The molecule has 0 bridgehead atoms. The normalized spacial score (nSPS) is 20.2. The first-order valence-electron chi connectivity index (χ1n) is 5.93. The number of likely N-dealkylation sites (tertiary alicyclic amines) is 1. The fourth-order valence-electron chi connectivity index (χ4n) is 2.20. The van der Waals surface area contributed by atoms with Gasteiger partial charge >= 0.3 is 0 Å². The largest absolute Gasteiger partial charge is 0.389 e. The second kappa shape index (κ2) is 5.73. The first kappa shape index (κ1) is 13.4. The average Bonchev–Trinajstić information content (AvgIpc) is 2.79. The Morgan fingerprint density at radius 3 is 2.94 bits per heavy atom. The van der Waals surface area contributed by atoms with Gasteiger partial charge in [0.1, 0.15) is 10.8 Å². The molecule has 5 heteroatoms. The summed E-state index contributed by atoms with van der Waals surface area (Å²) in [6.45, 7) is 2.39. The highest BCUT2D eigenvalue weighted by molar-refractivity contribution is 7.80. The number of ether oxygens (including phenoxy) is 1. The molecule has 3 nitrogen and oxygen atoms in total. The van der Waals surface area contributed by atoms with Gasteiger partial charge in [0.2, 0.25) is 0 Å². The molecule has 0 saturated carbocycles. The maximum absolute atomic E-state index is 13.9. The number of nitrogens with two attached hydrogens (primary N) is 1. The maximum atomic E-state index is 13.9. The average molecular weight is 268 g/mol. The Balaban J connectivity index is 2.04. The van der Waals surface area contributed by atoms with Crippen LogP contribution in [0.2, 0.25) is 0 Å². The van der Waals surface area contributed by atoms with Crippen LogP contribution < -0.4 is 5.73 Å². The van der Waals surface area contributed by atoms with Crippen molar-refractivity contribution < 1.29 is 9.13 Å². The zero-order valence-corrected chi connectivity index (χ0v) is 11.2. The van der Waals surface area contributed by atoms with E-state index in [-0.39, 0.29) is 16.9 Å². The Bertz CT molecular complexity index is 453. The molecule has 1 unspecified atom stereocenters. The lowest BCUT2D eigenvalue weighted by Crippen LogP contribution is -2.23. The van der Waals surface area contributed by atoms with Crippen molar-refractivity contribution in [3.05, 3.63) is 35.1 Å². The van der Waals surface area contributed by atoms with Crippen LogP contribution in [0.1, 0.15) is 17.5 Å². The van der Waals surface area contributed by atoms with Gasteiger partial charge in [0, 0.05) is 37.9 Å². The molecule has 2 rings (SSSR count). The third-order valence-electron chi connectivity index (χ3n) is 3.29. The minimum atomic E-state index is -0.249. The van der Waals surface area contributed by atoms with Crippen molar-refractivity contribution in [2.24, 2.45) is 5.73 Å². The van der Waals surface area contributed by atoms with E-state index in [1.165, 1.54) is 6.07 Å². The predicted octanol–water partition coefficient (Wildman–Crippen LogP) is 1.68. The Morgan fingerprint density at radius 1 is 1.61 bits per heavy atom. The van der Waals surface area contributed by atoms with E-state index in [0.717, 1.165) is 19.5 Å². The Kier molecular flexibility index (Phi) is 4.27. The van der Waals surface area contributed by atoms with Crippen molar-refractivity contribution in [2.75, 3.05) is 20.2 Å². The highest BCUT2D eigenvalue weighted by atomic mass is 32.1. The SMILES string of the molecule is COC1CCN(Cc2ccc(C(N)=S)cc2F)C1. The van der Waals surface area contributed by atoms with Gasteiger partial charge in [0.15, 0.2) is 0 Å². The van der Waals surface area contributed by atoms with E-state index < -0.39 is 0 Å². The summed E-state index contributed by atoms with van der Waals surface area (Å²) in [6, 6.07) is 4.93. The lowest BCUT2D eigenvalue weighted by Gasteiger charge is -2.16. The highest BCUT2D eigenvalue weighted by Crippen LogP contribution is 2.18. The van der Waals surface area contributed by atoms with Crippen LogP contribution in [0.15, 0.2) is 18.2 Å². The Hall–Kier alpha value is -1.04. The molecule has 1 fully saturated rings. The minimum absolute atomic E-state index is 0.223. The third-order valence-corrected chi connectivity index (χ3v) is 3.53. The van der Waals surface area contributed by atoms with Crippen molar-refractivity contribution in [3.8, 4) is 0 Å². The first-order valence-corrected chi connectivity index (χ1v) is 6.34. The Morgan fingerprint density at radius 2 is 2.39 bits per heavy atom. The van der Waals surface area contributed by atoms with E-state index in [2.05, 4.69) is 4.90 Å². The van der Waals surface area contributed by atoms with Crippen LogP contribution in [0.25, 0.3) is 0 Å². The van der Waals surface area contributed by atoms with E-state index in [0.29, 0.717) is 17.7 Å². The lowest BCUT2D eigenvalue weighted by molar-refractivity contribution is 0.107. The summed E-state index contributed by atoms with van der Waals surface area (Å²) in [7, 11) is 1.71. The highest BCUT2D eigenvalue weighted by Gasteiger charge is 2.22. The molecule has 2 N–H and O–H groups in total. The number of halogens is 1. The van der Waals surface area contributed by atoms with E-state index in [9.17, 15) is 4.39 Å². The van der Waals surface area contributed by atoms with Crippen LogP contribution in [0, 0.1) is 5.82 Å². The molecule has 0 radical (unpaired) electrons. The molecular formula is C13H17FN2OS. The van der Waals surface area contributed by atoms with Crippen molar-refractivity contribution in [1.82, 2.24) is 4.90 Å². The van der Waals surface area contributed by atoms with Gasteiger partial charge in [0.05, 0.1) is 6.10 Å². The van der Waals surface area contributed by atoms with Gasteiger partial charge in [-0.25, -0.2) is 4.39 Å². The van der Waals surface area contributed by atoms with Crippen LogP contribution in [0.4, 0.5) is 4.39 Å². The number of nitrogens with zero attached hydrogens (tertiary/aromatic N) is 1. The van der Waals surface area contributed by atoms with Crippen LogP contribution in [0.5, 0.6) is 0 Å². The summed E-state index contributed by atoms with van der Waals surface area (Å²) < 4.78 is 19.2. The molecule has 1 atom stereocenters. The summed E-state index contributed by atoms with van der Waals surface area (Å²) in [6.07, 6.45) is 1.27. The van der Waals surface area contributed by atoms with Gasteiger partial charge in [-0.1, -0.05) is 24.4 Å². The van der Waals surface area contributed by atoms with Crippen LogP contribution in [0.3, 0.4) is 0 Å². The maximum Gasteiger partial charge on any atom is 0.128 e. The molecule has 0 amide bonds. The molecule has 1 saturated heterocycles. The second-order valence-electron chi connectivity index (χ2n) is 4.55. The fourth-order valence-corrected chi connectivity index (χ4v) is 2.33. The number of hydrogen-bond donors (Lipinski definition) is 1. The summed E-state index contributed by atoms with van der Waals surface area (Å²) in [5, 5.41) is 0. The number of benzene rings is 1. The van der Waals surface area contributed by atoms with Gasteiger partial charge in [-0.05, 0) is 12.5 Å². The van der Waals surface area contributed by atoms with Crippen LogP contribution >= 0.6 is 12.2 Å². The fraction of sp³-hybridized carbons (Fsp3) is 0.462. The van der Waals surface area contributed by atoms with Crippen LogP contribution in [-0.4, -0.2) is 36.2 Å². The zero-order valence-electron chi connectivity index (χ0n) is 10.4. The van der Waals surface area contributed by atoms with E-state index in [1.54, 1.807) is 19.2 Å². The molecule has 0 aliphatic carbocycles. The lowest BCUT2D eigenvalue weighted by atomic mass is 10.1. The summed E-state index contributed by atoms with van der Waals surface area (Å²) in [4.78, 5) is 2.41. The number of methoxy groups -OCH3 is 1. The minimum Gasteiger partial charge on any atom is -0.389 e. The number of hydrogen-bond acceptors (Lipinski definition) is 3. The van der Waals surface area contributed by atoms with Crippen molar-refractivity contribution >= 4 is 17.2 Å².